The summed E-state index contributed by atoms with van der Waals surface area (Å²) in [4.78, 5) is 24.4. The van der Waals surface area contributed by atoms with Gasteiger partial charge < -0.3 is 5.11 Å². The van der Waals surface area contributed by atoms with Crippen LogP contribution in [0.25, 0.3) is 0 Å². The normalized spacial score (nSPS) is 19.2. The summed E-state index contributed by atoms with van der Waals surface area (Å²) in [6.45, 7) is 17.7. The molecule has 0 aromatic heterocycles. The van der Waals surface area contributed by atoms with Crippen LogP contribution in [0.3, 0.4) is 0 Å². The van der Waals surface area contributed by atoms with Gasteiger partial charge in [-0.15, -0.1) is 0 Å². The van der Waals surface area contributed by atoms with E-state index in [4.69, 9.17) is 9.78 Å². The number of rotatable bonds is 4. The van der Waals surface area contributed by atoms with E-state index in [1.807, 2.05) is 74.5 Å². The third kappa shape index (κ3) is 5.27. The summed E-state index contributed by atoms with van der Waals surface area (Å²) in [5.41, 5.74) is -0.695. The van der Waals surface area contributed by atoms with Crippen LogP contribution in [0.15, 0.2) is 23.3 Å². The minimum absolute atomic E-state index is 0.0444. The zero-order valence-corrected chi connectivity index (χ0v) is 16.7. The third-order valence-corrected chi connectivity index (χ3v) is 3.83. The Balaban J connectivity index is 3.48. The summed E-state index contributed by atoms with van der Waals surface area (Å²) in [6, 6.07) is 0. The highest BCUT2D eigenvalue weighted by molar-refractivity contribution is 6.11. The fourth-order valence-corrected chi connectivity index (χ4v) is 2.53. The second-order valence-electron chi connectivity index (χ2n) is 9.65. The molecule has 0 bridgehead atoms. The zero-order valence-electron chi connectivity index (χ0n) is 16.7. The van der Waals surface area contributed by atoms with Crippen molar-refractivity contribution in [3.63, 3.8) is 0 Å². The Bertz CT molecular complexity index is 499. The van der Waals surface area contributed by atoms with Gasteiger partial charge in [-0.05, 0) is 43.8 Å². The number of aliphatic hydroxyl groups is 1. The van der Waals surface area contributed by atoms with Crippen molar-refractivity contribution in [2.45, 2.75) is 79.9 Å². The smallest absolute Gasteiger partial charge is 0.185 e. The minimum atomic E-state index is -0.943. The molecule has 0 heterocycles. The lowest BCUT2D eigenvalue weighted by Crippen LogP contribution is -2.41. The van der Waals surface area contributed by atoms with E-state index in [0.29, 0.717) is 17.6 Å². The molecular formula is C20H34O4. The van der Waals surface area contributed by atoms with Crippen molar-refractivity contribution < 1.29 is 19.7 Å². The van der Waals surface area contributed by atoms with Crippen molar-refractivity contribution in [1.29, 1.82) is 0 Å². The lowest BCUT2D eigenvalue weighted by atomic mass is 9.69. The molecule has 0 atom stereocenters. The van der Waals surface area contributed by atoms with Crippen LogP contribution in [-0.4, -0.2) is 28.7 Å². The number of hydrogen-bond acceptors (Lipinski definition) is 4. The van der Waals surface area contributed by atoms with Gasteiger partial charge in [-0.3, -0.25) is 4.79 Å². The maximum atomic E-state index is 13.0. The Morgan fingerprint density at radius 1 is 0.917 bits per heavy atom. The van der Waals surface area contributed by atoms with Gasteiger partial charge >= 0.3 is 0 Å². The zero-order chi connectivity index (χ0) is 19.0. The van der Waals surface area contributed by atoms with Crippen molar-refractivity contribution >= 4 is 5.78 Å². The first-order valence-electron chi connectivity index (χ1n) is 8.60. The minimum Gasteiger partial charge on any atom is -0.396 e. The van der Waals surface area contributed by atoms with E-state index in [9.17, 15) is 9.90 Å². The highest BCUT2D eigenvalue weighted by Gasteiger charge is 2.42. The van der Waals surface area contributed by atoms with E-state index in [0.717, 1.165) is 0 Å². The van der Waals surface area contributed by atoms with Gasteiger partial charge in [-0.1, -0.05) is 41.5 Å². The molecule has 0 saturated carbocycles. The first kappa shape index (κ1) is 21.1. The molecule has 1 rings (SSSR count). The topological polar surface area (TPSA) is 55.8 Å². The average Bonchev–Trinajstić information content (AvgIpc) is 2.36. The quantitative estimate of drug-likeness (QED) is 0.610. The highest BCUT2D eigenvalue weighted by atomic mass is 17.2. The molecule has 0 aromatic carbocycles. The lowest BCUT2D eigenvalue weighted by Gasteiger charge is -2.39. The number of carbonyl (C=O) groups is 1. The second kappa shape index (κ2) is 6.74. The largest absolute Gasteiger partial charge is 0.396 e. The van der Waals surface area contributed by atoms with Crippen LogP contribution in [0.1, 0.15) is 68.7 Å². The Labute approximate surface area is 146 Å². The van der Waals surface area contributed by atoms with Crippen molar-refractivity contribution in [2.24, 2.45) is 10.8 Å². The molecule has 1 aliphatic carbocycles. The van der Waals surface area contributed by atoms with Crippen LogP contribution in [0.2, 0.25) is 0 Å². The van der Waals surface area contributed by atoms with Gasteiger partial charge in [0.15, 0.2) is 5.78 Å². The molecule has 4 heteroatoms. The molecule has 0 radical (unpaired) electrons. The molecule has 0 amide bonds. The first-order valence-corrected chi connectivity index (χ1v) is 8.60. The van der Waals surface area contributed by atoms with Gasteiger partial charge in [-0.25, -0.2) is 9.78 Å². The Morgan fingerprint density at radius 2 is 1.33 bits per heavy atom. The summed E-state index contributed by atoms with van der Waals surface area (Å²) < 4.78 is 0. The van der Waals surface area contributed by atoms with Gasteiger partial charge in [0.25, 0.3) is 0 Å². The highest BCUT2D eigenvalue weighted by Crippen LogP contribution is 2.42. The molecule has 0 fully saturated rings. The Hall–Kier alpha value is -0.970. The van der Waals surface area contributed by atoms with Crippen molar-refractivity contribution in [1.82, 2.24) is 0 Å². The first-order chi connectivity index (χ1) is 10.6. The van der Waals surface area contributed by atoms with E-state index < -0.39 is 11.2 Å². The third-order valence-electron chi connectivity index (χ3n) is 3.83. The number of carbonyl (C=O) groups excluding carboxylic acids is 1. The number of aliphatic hydroxyl groups excluding tert-OH is 1. The summed E-state index contributed by atoms with van der Waals surface area (Å²) >= 11 is 0. The van der Waals surface area contributed by atoms with Crippen molar-refractivity contribution in [3.05, 3.63) is 23.3 Å². The van der Waals surface area contributed by atoms with Crippen LogP contribution in [0, 0.1) is 10.8 Å². The van der Waals surface area contributed by atoms with Gasteiger partial charge in [-0.2, -0.15) is 0 Å². The van der Waals surface area contributed by atoms with Gasteiger partial charge in [0.2, 0.25) is 0 Å². The fraction of sp³-hybridized carbons (Fsp3) is 0.750. The molecule has 0 unspecified atom stereocenters. The van der Waals surface area contributed by atoms with Crippen LogP contribution in [0.5, 0.6) is 0 Å². The summed E-state index contributed by atoms with van der Waals surface area (Å²) in [7, 11) is 0. The molecule has 24 heavy (non-hydrogen) atoms. The van der Waals surface area contributed by atoms with E-state index in [-0.39, 0.29) is 23.2 Å². The van der Waals surface area contributed by atoms with E-state index in [1.54, 1.807) is 0 Å². The van der Waals surface area contributed by atoms with E-state index >= 15 is 0 Å². The second-order valence-corrected chi connectivity index (χ2v) is 9.65. The predicted molar refractivity (Wildman–Crippen MR) is 96.4 cm³/mol. The number of Topliss-reactive ketones (excluding diaryl/α,β-unsaturated/α-hetero) is 1. The summed E-state index contributed by atoms with van der Waals surface area (Å²) in [6.07, 6.45) is 3.98. The van der Waals surface area contributed by atoms with Crippen LogP contribution in [-0.2, 0) is 14.6 Å². The SMILES string of the molecule is CC(C)(C)OOC1(CCO)C=C(C(C)(C)C)C(=O)C(C(C)(C)C)=C1. The van der Waals surface area contributed by atoms with Crippen LogP contribution in [0.4, 0.5) is 0 Å². The predicted octanol–water partition coefficient (Wildman–Crippen LogP) is 4.38. The summed E-state index contributed by atoms with van der Waals surface area (Å²) in [5, 5.41) is 9.58. The standard InChI is InChI=1S/C20H34O4/c1-17(2,3)14-12-20(10-11-21,24-23-19(7,8)9)13-15(16(14)22)18(4,5)6/h12-13,21H,10-11H2,1-9H3. The molecule has 0 aromatic rings. The molecule has 0 aliphatic heterocycles. The molecular weight excluding hydrogens is 304 g/mol. The van der Waals surface area contributed by atoms with E-state index in [1.165, 1.54) is 0 Å². The Kier molecular flexibility index (Phi) is 5.92. The van der Waals surface area contributed by atoms with Gasteiger partial charge in [0, 0.05) is 24.2 Å². The van der Waals surface area contributed by atoms with Crippen LogP contribution < -0.4 is 0 Å². The van der Waals surface area contributed by atoms with Gasteiger partial charge in [0.05, 0.1) is 5.60 Å². The Morgan fingerprint density at radius 3 is 1.62 bits per heavy atom. The van der Waals surface area contributed by atoms with Gasteiger partial charge in [0.1, 0.15) is 5.60 Å². The molecule has 1 aliphatic rings. The molecule has 138 valence electrons. The number of allylic oxidation sites excluding steroid dienone is 2. The molecule has 0 saturated heterocycles. The van der Waals surface area contributed by atoms with E-state index in [2.05, 4.69) is 0 Å². The monoisotopic (exact) mass is 338 g/mol. The average molecular weight is 338 g/mol. The van der Waals surface area contributed by atoms with Crippen molar-refractivity contribution in [2.75, 3.05) is 6.61 Å². The fourth-order valence-electron chi connectivity index (χ4n) is 2.53. The maximum absolute atomic E-state index is 13.0. The lowest BCUT2D eigenvalue weighted by molar-refractivity contribution is -0.385. The molecule has 4 nitrogen and oxygen atoms in total. The summed E-state index contributed by atoms with van der Waals surface area (Å²) in [5.74, 6) is 0.0444. The molecule has 1 N–H and O–H groups in total. The number of ketones is 1. The van der Waals surface area contributed by atoms with Crippen molar-refractivity contribution in [3.8, 4) is 0 Å². The van der Waals surface area contributed by atoms with Crippen LogP contribution >= 0.6 is 0 Å². The number of hydrogen-bond donors (Lipinski definition) is 1. The maximum Gasteiger partial charge on any atom is 0.185 e. The molecule has 0 spiro atoms.